The highest BCUT2D eigenvalue weighted by molar-refractivity contribution is 6.31. The van der Waals surface area contributed by atoms with Crippen LogP contribution in [0.3, 0.4) is 0 Å². The lowest BCUT2D eigenvalue weighted by molar-refractivity contribution is 0.127. The quantitative estimate of drug-likeness (QED) is 0.266. The first-order valence-corrected chi connectivity index (χ1v) is 4.89. The second-order valence-electron chi connectivity index (χ2n) is 2.99. The van der Waals surface area contributed by atoms with Crippen molar-refractivity contribution < 1.29 is 9.94 Å². The van der Waals surface area contributed by atoms with Gasteiger partial charge in [0, 0.05) is 11.4 Å². The van der Waals surface area contributed by atoms with E-state index in [0.29, 0.717) is 24.7 Å². The molecule has 0 radical (unpaired) electrons. The van der Waals surface area contributed by atoms with Crippen LogP contribution >= 0.6 is 11.6 Å². The Morgan fingerprint density at radius 3 is 2.87 bits per heavy atom. The zero-order chi connectivity index (χ0) is 11.1. The lowest BCUT2D eigenvalue weighted by Crippen LogP contribution is -2.14. The van der Waals surface area contributed by atoms with Crippen LogP contribution < -0.4 is 5.73 Å². The van der Waals surface area contributed by atoms with Crippen molar-refractivity contribution in [1.82, 2.24) is 0 Å². The summed E-state index contributed by atoms with van der Waals surface area (Å²) in [4.78, 5) is 0. The van der Waals surface area contributed by atoms with Crippen LogP contribution in [0.4, 0.5) is 0 Å². The zero-order valence-corrected chi connectivity index (χ0v) is 8.94. The number of amidine groups is 1. The fraction of sp³-hybridized carbons (Fsp3) is 0.300. The van der Waals surface area contributed by atoms with Crippen molar-refractivity contribution in [3.8, 4) is 0 Å². The topological polar surface area (TPSA) is 67.8 Å². The van der Waals surface area contributed by atoms with Gasteiger partial charge >= 0.3 is 0 Å². The van der Waals surface area contributed by atoms with Crippen LogP contribution in [0.2, 0.25) is 5.02 Å². The van der Waals surface area contributed by atoms with E-state index in [9.17, 15) is 0 Å². The Labute approximate surface area is 93.3 Å². The maximum absolute atomic E-state index is 8.28. The molecule has 0 saturated heterocycles. The van der Waals surface area contributed by atoms with E-state index in [0.717, 1.165) is 5.56 Å². The Hall–Kier alpha value is -1.26. The SMILES string of the molecule is N/C(CCOCc1ccccc1Cl)=N\O. The summed E-state index contributed by atoms with van der Waals surface area (Å²) in [6.07, 6.45) is 0.404. The molecule has 1 rings (SSSR count). The number of rotatable bonds is 5. The lowest BCUT2D eigenvalue weighted by atomic mass is 10.2. The molecule has 0 unspecified atom stereocenters. The van der Waals surface area contributed by atoms with Crippen LogP contribution in [0.1, 0.15) is 12.0 Å². The molecule has 5 heteroatoms. The minimum atomic E-state index is 0.161. The highest BCUT2D eigenvalue weighted by Crippen LogP contribution is 2.15. The van der Waals surface area contributed by atoms with Crippen molar-refractivity contribution in [3.63, 3.8) is 0 Å². The van der Waals surface area contributed by atoms with Gasteiger partial charge in [0.2, 0.25) is 0 Å². The van der Waals surface area contributed by atoms with Crippen molar-refractivity contribution in [2.45, 2.75) is 13.0 Å². The number of hydrogen-bond acceptors (Lipinski definition) is 3. The summed E-state index contributed by atoms with van der Waals surface area (Å²) >= 11 is 5.92. The molecule has 1 aromatic rings. The number of ether oxygens (including phenoxy) is 1. The van der Waals surface area contributed by atoms with Gasteiger partial charge in [-0.3, -0.25) is 0 Å². The van der Waals surface area contributed by atoms with Gasteiger partial charge in [0.1, 0.15) is 5.84 Å². The number of benzene rings is 1. The molecule has 4 nitrogen and oxygen atoms in total. The molecule has 0 spiro atoms. The van der Waals surface area contributed by atoms with Crippen molar-refractivity contribution in [1.29, 1.82) is 0 Å². The van der Waals surface area contributed by atoms with E-state index in [4.69, 9.17) is 27.3 Å². The van der Waals surface area contributed by atoms with Crippen LogP contribution in [0.25, 0.3) is 0 Å². The van der Waals surface area contributed by atoms with Crippen molar-refractivity contribution >= 4 is 17.4 Å². The second-order valence-corrected chi connectivity index (χ2v) is 3.39. The minimum absolute atomic E-state index is 0.161. The molecule has 0 amide bonds. The summed E-state index contributed by atoms with van der Waals surface area (Å²) in [5.74, 6) is 0.161. The summed E-state index contributed by atoms with van der Waals surface area (Å²) in [7, 11) is 0. The molecule has 0 aliphatic carbocycles. The maximum atomic E-state index is 8.28. The van der Waals surface area contributed by atoms with E-state index >= 15 is 0 Å². The van der Waals surface area contributed by atoms with Gasteiger partial charge in [0.15, 0.2) is 0 Å². The van der Waals surface area contributed by atoms with Crippen LogP contribution in [0.15, 0.2) is 29.4 Å². The molecule has 0 bridgehead atoms. The third kappa shape index (κ3) is 4.18. The predicted molar refractivity (Wildman–Crippen MR) is 59.1 cm³/mol. The van der Waals surface area contributed by atoms with Gasteiger partial charge in [-0.1, -0.05) is 35.0 Å². The summed E-state index contributed by atoms with van der Waals surface area (Å²) in [5, 5.41) is 11.8. The maximum Gasteiger partial charge on any atom is 0.141 e. The molecule has 15 heavy (non-hydrogen) atoms. The Balaban J connectivity index is 2.29. The summed E-state index contributed by atoms with van der Waals surface area (Å²) in [6.45, 7) is 0.833. The Morgan fingerprint density at radius 1 is 1.47 bits per heavy atom. The number of nitrogens with zero attached hydrogens (tertiary/aromatic N) is 1. The van der Waals surface area contributed by atoms with Gasteiger partial charge in [-0.05, 0) is 11.6 Å². The van der Waals surface area contributed by atoms with E-state index < -0.39 is 0 Å². The Bertz CT molecular complexity index is 342. The van der Waals surface area contributed by atoms with E-state index in [-0.39, 0.29) is 5.84 Å². The van der Waals surface area contributed by atoms with Gasteiger partial charge in [-0.25, -0.2) is 0 Å². The van der Waals surface area contributed by atoms with E-state index in [1.807, 2.05) is 24.3 Å². The van der Waals surface area contributed by atoms with Crippen LogP contribution in [-0.4, -0.2) is 17.6 Å². The standard InChI is InChI=1S/C10H13ClN2O2/c11-9-4-2-1-3-8(9)7-15-6-5-10(12)13-14/h1-4,14H,5-7H2,(H2,12,13). The smallest absolute Gasteiger partial charge is 0.141 e. The molecular formula is C10H13ClN2O2. The molecule has 0 aliphatic rings. The number of halogens is 1. The van der Waals surface area contributed by atoms with E-state index in [1.54, 1.807) is 0 Å². The molecule has 0 atom stereocenters. The Morgan fingerprint density at radius 2 is 2.20 bits per heavy atom. The molecule has 0 aromatic heterocycles. The Kier molecular flexibility index (Phi) is 4.93. The summed E-state index contributed by atoms with van der Waals surface area (Å²) < 4.78 is 5.32. The molecule has 3 N–H and O–H groups in total. The molecule has 1 aromatic carbocycles. The first-order chi connectivity index (χ1) is 7.24. The largest absolute Gasteiger partial charge is 0.409 e. The summed E-state index contributed by atoms with van der Waals surface area (Å²) in [5.41, 5.74) is 6.21. The van der Waals surface area contributed by atoms with Crippen molar-refractivity contribution in [3.05, 3.63) is 34.9 Å². The molecular weight excluding hydrogens is 216 g/mol. The first kappa shape index (κ1) is 11.8. The fourth-order valence-electron chi connectivity index (χ4n) is 1.02. The number of nitrogens with two attached hydrogens (primary N) is 1. The van der Waals surface area contributed by atoms with Gasteiger partial charge in [0.05, 0.1) is 13.2 Å². The van der Waals surface area contributed by atoms with E-state index in [1.165, 1.54) is 0 Å². The number of oxime groups is 1. The average Bonchev–Trinajstić information content (AvgIpc) is 2.26. The highest BCUT2D eigenvalue weighted by Gasteiger charge is 1.99. The third-order valence-electron chi connectivity index (χ3n) is 1.85. The molecule has 82 valence electrons. The second kappa shape index (κ2) is 6.27. The predicted octanol–water partition coefficient (Wildman–Crippen LogP) is 1.99. The molecule has 0 aliphatic heterocycles. The normalized spacial score (nSPS) is 11.7. The third-order valence-corrected chi connectivity index (χ3v) is 2.22. The number of hydrogen-bond donors (Lipinski definition) is 2. The van der Waals surface area contributed by atoms with Gasteiger partial charge in [-0.15, -0.1) is 0 Å². The fourth-order valence-corrected chi connectivity index (χ4v) is 1.21. The van der Waals surface area contributed by atoms with Gasteiger partial charge in [-0.2, -0.15) is 0 Å². The van der Waals surface area contributed by atoms with Gasteiger partial charge in [0.25, 0.3) is 0 Å². The van der Waals surface area contributed by atoms with Crippen LogP contribution in [0.5, 0.6) is 0 Å². The monoisotopic (exact) mass is 228 g/mol. The summed E-state index contributed by atoms with van der Waals surface area (Å²) in [6, 6.07) is 7.46. The molecule has 0 fully saturated rings. The van der Waals surface area contributed by atoms with Crippen molar-refractivity contribution in [2.24, 2.45) is 10.9 Å². The lowest BCUT2D eigenvalue weighted by Gasteiger charge is -2.05. The molecule has 0 heterocycles. The average molecular weight is 229 g/mol. The van der Waals surface area contributed by atoms with E-state index in [2.05, 4.69) is 5.16 Å². The first-order valence-electron chi connectivity index (χ1n) is 4.51. The minimum Gasteiger partial charge on any atom is -0.409 e. The highest BCUT2D eigenvalue weighted by atomic mass is 35.5. The zero-order valence-electron chi connectivity index (χ0n) is 8.19. The van der Waals surface area contributed by atoms with Crippen LogP contribution in [-0.2, 0) is 11.3 Å². The van der Waals surface area contributed by atoms with Crippen molar-refractivity contribution in [2.75, 3.05) is 6.61 Å². The molecule has 0 saturated carbocycles. The van der Waals surface area contributed by atoms with Gasteiger partial charge < -0.3 is 15.7 Å². The van der Waals surface area contributed by atoms with Crippen LogP contribution in [0, 0.1) is 0 Å².